The molecule has 2 heterocycles. The summed E-state index contributed by atoms with van der Waals surface area (Å²) in [5.41, 5.74) is 1.56. The molecular formula is C15H14ClN3O2. The van der Waals surface area contributed by atoms with Crippen LogP contribution in [0.5, 0.6) is 0 Å². The lowest BCUT2D eigenvalue weighted by Gasteiger charge is -2.31. The van der Waals surface area contributed by atoms with Gasteiger partial charge in [-0.3, -0.25) is 9.59 Å². The second-order valence-corrected chi connectivity index (χ2v) is 5.44. The summed E-state index contributed by atoms with van der Waals surface area (Å²) >= 11 is 6.19. The van der Waals surface area contributed by atoms with Crippen LogP contribution < -0.4 is 0 Å². The Labute approximate surface area is 127 Å². The average Bonchev–Trinajstić information content (AvgIpc) is 2.48. The lowest BCUT2D eigenvalue weighted by molar-refractivity contribution is -0.155. The highest BCUT2D eigenvalue weighted by molar-refractivity contribution is 6.35. The van der Waals surface area contributed by atoms with Gasteiger partial charge in [0.25, 0.3) is 0 Å². The Morgan fingerprint density at radius 2 is 1.95 bits per heavy atom. The molecule has 1 aromatic heterocycles. The number of aromatic nitrogens is 1. The number of carbonyl (C=O) groups excluding carboxylic acids is 2. The molecule has 0 N–H and O–H groups in total. The highest BCUT2D eigenvalue weighted by Crippen LogP contribution is 2.22. The number of amides is 2. The molecule has 0 aliphatic carbocycles. The number of piperazine rings is 1. The number of carbonyl (C=O) groups is 2. The van der Waals surface area contributed by atoms with Crippen molar-refractivity contribution in [1.29, 1.82) is 0 Å². The van der Waals surface area contributed by atoms with E-state index in [-0.39, 0.29) is 0 Å². The molecule has 6 heteroatoms. The van der Waals surface area contributed by atoms with Crippen molar-refractivity contribution in [3.05, 3.63) is 41.0 Å². The Balaban J connectivity index is 1.89. The molecule has 3 rings (SSSR count). The summed E-state index contributed by atoms with van der Waals surface area (Å²) < 4.78 is 0. The lowest BCUT2D eigenvalue weighted by Crippen LogP contribution is -2.52. The van der Waals surface area contributed by atoms with Gasteiger partial charge in [-0.25, -0.2) is 4.98 Å². The first kappa shape index (κ1) is 13.8. The van der Waals surface area contributed by atoms with Crippen LogP contribution in [-0.2, 0) is 16.1 Å². The zero-order chi connectivity index (χ0) is 15.0. The van der Waals surface area contributed by atoms with Gasteiger partial charge in [0.15, 0.2) is 0 Å². The zero-order valence-electron chi connectivity index (χ0n) is 11.5. The van der Waals surface area contributed by atoms with Gasteiger partial charge in [0.05, 0.1) is 5.52 Å². The van der Waals surface area contributed by atoms with Crippen LogP contribution in [0.15, 0.2) is 30.3 Å². The van der Waals surface area contributed by atoms with E-state index >= 15 is 0 Å². The van der Waals surface area contributed by atoms with Gasteiger partial charge in [0.1, 0.15) is 5.15 Å². The molecule has 108 valence electrons. The zero-order valence-corrected chi connectivity index (χ0v) is 12.3. The molecule has 5 nitrogen and oxygen atoms in total. The number of rotatable bonds is 2. The van der Waals surface area contributed by atoms with Crippen LogP contribution in [0.3, 0.4) is 0 Å². The number of halogens is 1. The maximum Gasteiger partial charge on any atom is 0.312 e. The van der Waals surface area contributed by atoms with Crippen molar-refractivity contribution in [2.24, 2.45) is 0 Å². The Hall–Kier alpha value is -2.14. The minimum Gasteiger partial charge on any atom is -0.336 e. The monoisotopic (exact) mass is 303 g/mol. The summed E-state index contributed by atoms with van der Waals surface area (Å²) in [6, 6.07) is 9.57. The second-order valence-electron chi connectivity index (χ2n) is 5.08. The van der Waals surface area contributed by atoms with E-state index in [0.29, 0.717) is 24.8 Å². The predicted octanol–water partition coefficient (Wildman–Crippen LogP) is 1.69. The molecule has 1 fully saturated rings. The molecular weight excluding hydrogens is 290 g/mol. The third kappa shape index (κ3) is 2.56. The molecule has 2 aromatic rings. The molecule has 1 aromatic carbocycles. The number of para-hydroxylation sites is 1. The highest BCUT2D eigenvalue weighted by Gasteiger charge is 2.30. The molecule has 1 aliphatic rings. The molecule has 1 aliphatic heterocycles. The maximum absolute atomic E-state index is 12.0. The van der Waals surface area contributed by atoms with E-state index in [9.17, 15) is 9.59 Å². The van der Waals surface area contributed by atoms with Crippen molar-refractivity contribution in [2.75, 3.05) is 20.1 Å². The van der Waals surface area contributed by atoms with E-state index in [1.165, 1.54) is 9.80 Å². The summed E-state index contributed by atoms with van der Waals surface area (Å²) in [5.74, 6) is -0.973. The third-order valence-electron chi connectivity index (χ3n) is 3.63. The summed E-state index contributed by atoms with van der Waals surface area (Å²) in [6.07, 6.45) is 0. The largest absolute Gasteiger partial charge is 0.336 e. The lowest BCUT2D eigenvalue weighted by atomic mass is 10.1. The first-order chi connectivity index (χ1) is 10.1. The van der Waals surface area contributed by atoms with Crippen LogP contribution in [0.2, 0.25) is 5.15 Å². The minimum absolute atomic E-state index is 0.301. The van der Waals surface area contributed by atoms with Gasteiger partial charge in [-0.15, -0.1) is 0 Å². The van der Waals surface area contributed by atoms with Gasteiger partial charge >= 0.3 is 11.8 Å². The van der Waals surface area contributed by atoms with Gasteiger partial charge in [0.2, 0.25) is 0 Å². The standard InChI is InChI=1S/C15H14ClN3O2/c1-18-6-7-19(15(21)14(18)20)9-11-8-10-4-2-3-5-12(10)17-13(11)16/h2-5,8H,6-7,9H2,1H3. The van der Waals surface area contributed by atoms with E-state index in [4.69, 9.17) is 11.6 Å². The van der Waals surface area contributed by atoms with Crippen LogP contribution in [0.4, 0.5) is 0 Å². The van der Waals surface area contributed by atoms with E-state index in [1.807, 2.05) is 30.3 Å². The highest BCUT2D eigenvalue weighted by atomic mass is 35.5. The fourth-order valence-electron chi connectivity index (χ4n) is 2.38. The molecule has 0 bridgehead atoms. The van der Waals surface area contributed by atoms with Crippen molar-refractivity contribution >= 4 is 34.3 Å². The molecule has 0 spiro atoms. The summed E-state index contributed by atoms with van der Waals surface area (Å²) in [4.78, 5) is 31.0. The number of pyridine rings is 1. The summed E-state index contributed by atoms with van der Waals surface area (Å²) in [5, 5.41) is 1.33. The smallest absolute Gasteiger partial charge is 0.312 e. The Morgan fingerprint density at radius 3 is 2.76 bits per heavy atom. The summed E-state index contributed by atoms with van der Waals surface area (Å²) in [7, 11) is 1.63. The fraction of sp³-hybridized carbons (Fsp3) is 0.267. The first-order valence-corrected chi connectivity index (χ1v) is 7.02. The van der Waals surface area contributed by atoms with Crippen molar-refractivity contribution < 1.29 is 9.59 Å². The van der Waals surface area contributed by atoms with E-state index in [0.717, 1.165) is 16.5 Å². The minimum atomic E-state index is -0.493. The number of hydrogen-bond donors (Lipinski definition) is 0. The number of hydrogen-bond acceptors (Lipinski definition) is 3. The molecule has 1 saturated heterocycles. The SMILES string of the molecule is CN1CCN(Cc2cc3ccccc3nc2Cl)C(=O)C1=O. The van der Waals surface area contributed by atoms with Crippen LogP contribution in [0.25, 0.3) is 10.9 Å². The van der Waals surface area contributed by atoms with Gasteiger partial charge in [-0.1, -0.05) is 29.8 Å². The van der Waals surface area contributed by atoms with Crippen molar-refractivity contribution in [1.82, 2.24) is 14.8 Å². The van der Waals surface area contributed by atoms with Crippen LogP contribution in [0, 0.1) is 0 Å². The molecule has 0 unspecified atom stereocenters. The van der Waals surface area contributed by atoms with Crippen LogP contribution in [-0.4, -0.2) is 46.7 Å². The average molecular weight is 304 g/mol. The van der Waals surface area contributed by atoms with Crippen molar-refractivity contribution in [3.8, 4) is 0 Å². The van der Waals surface area contributed by atoms with Gasteiger partial charge in [-0.05, 0) is 12.1 Å². The molecule has 0 radical (unpaired) electrons. The van der Waals surface area contributed by atoms with Gasteiger partial charge in [-0.2, -0.15) is 0 Å². The Morgan fingerprint density at radius 1 is 1.19 bits per heavy atom. The number of benzene rings is 1. The molecule has 21 heavy (non-hydrogen) atoms. The van der Waals surface area contributed by atoms with Gasteiger partial charge in [0, 0.05) is 37.6 Å². The topological polar surface area (TPSA) is 53.5 Å². The van der Waals surface area contributed by atoms with E-state index in [1.54, 1.807) is 7.05 Å². The second kappa shape index (κ2) is 5.33. The third-order valence-corrected chi connectivity index (χ3v) is 3.96. The van der Waals surface area contributed by atoms with Crippen LogP contribution in [0.1, 0.15) is 5.56 Å². The fourth-order valence-corrected chi connectivity index (χ4v) is 2.58. The molecule has 0 saturated carbocycles. The van der Waals surface area contributed by atoms with Gasteiger partial charge < -0.3 is 9.80 Å². The maximum atomic E-state index is 12.0. The number of nitrogens with zero attached hydrogens (tertiary/aromatic N) is 3. The first-order valence-electron chi connectivity index (χ1n) is 6.65. The molecule has 0 atom stereocenters. The quantitative estimate of drug-likeness (QED) is 0.626. The normalized spacial score (nSPS) is 15.9. The number of likely N-dealkylation sites (N-methyl/N-ethyl adjacent to an activating group) is 1. The van der Waals surface area contributed by atoms with Crippen LogP contribution >= 0.6 is 11.6 Å². The Kier molecular flexibility index (Phi) is 3.51. The van der Waals surface area contributed by atoms with Crippen molar-refractivity contribution in [3.63, 3.8) is 0 Å². The molecule has 2 amide bonds. The Bertz CT molecular complexity index is 732. The van der Waals surface area contributed by atoms with E-state index < -0.39 is 11.8 Å². The van der Waals surface area contributed by atoms with Crippen molar-refractivity contribution in [2.45, 2.75) is 6.54 Å². The summed E-state index contributed by atoms with van der Waals surface area (Å²) in [6.45, 7) is 1.34. The van der Waals surface area contributed by atoms with E-state index in [2.05, 4.69) is 4.98 Å². The predicted molar refractivity (Wildman–Crippen MR) is 79.8 cm³/mol. The number of fused-ring (bicyclic) bond motifs is 1.